The molecule has 2 atom stereocenters. The van der Waals surface area contributed by atoms with E-state index in [4.69, 9.17) is 10.2 Å². The van der Waals surface area contributed by atoms with E-state index in [1.54, 1.807) is 18.5 Å². The quantitative estimate of drug-likeness (QED) is 0.806. The average Bonchev–Trinajstić information content (AvgIpc) is 3.09. The zero-order chi connectivity index (χ0) is 15.2. The van der Waals surface area contributed by atoms with Gasteiger partial charge >= 0.3 is 0 Å². The third-order valence-corrected chi connectivity index (χ3v) is 3.19. The number of amides is 1. The number of rotatable bonds is 7. The topological polar surface area (TPSA) is 99.0 Å². The molecule has 2 aromatic rings. The van der Waals surface area contributed by atoms with Gasteiger partial charge < -0.3 is 15.5 Å². The summed E-state index contributed by atoms with van der Waals surface area (Å²) in [6, 6.07) is 3.30. The lowest BCUT2D eigenvalue weighted by Crippen LogP contribution is -2.30. The number of hydrogen-bond donors (Lipinski definition) is 2. The molecule has 0 spiro atoms. The van der Waals surface area contributed by atoms with Crippen molar-refractivity contribution in [3.05, 3.63) is 36.0 Å². The molecule has 2 aromatic heterocycles. The van der Waals surface area contributed by atoms with E-state index in [0.29, 0.717) is 11.5 Å². The lowest BCUT2D eigenvalue weighted by molar-refractivity contribution is -0.122. The summed E-state index contributed by atoms with van der Waals surface area (Å²) in [5.41, 5.74) is 6.68. The third kappa shape index (κ3) is 4.16. The van der Waals surface area contributed by atoms with E-state index in [2.05, 4.69) is 22.6 Å². The first-order valence-electron chi connectivity index (χ1n) is 7.08. The summed E-state index contributed by atoms with van der Waals surface area (Å²) in [4.78, 5) is 12.0. The van der Waals surface area contributed by atoms with Crippen LogP contribution in [-0.2, 0) is 11.3 Å². The molecule has 7 heteroatoms. The number of nitrogens with one attached hydrogen (secondary N) is 1. The molecule has 0 radical (unpaired) electrons. The van der Waals surface area contributed by atoms with Gasteiger partial charge in [-0.1, -0.05) is 18.6 Å². The standard InChI is InChI=1S/C14H21N5O2/c1-3-5-11(15)12-8-19(18-17-12)9-14(20)16-10(2)13-6-4-7-21-13/h4,6-8,10-11H,3,5,9,15H2,1-2H3,(H,16,20). The molecule has 0 fully saturated rings. The Morgan fingerprint density at radius 2 is 2.38 bits per heavy atom. The van der Waals surface area contributed by atoms with Crippen LogP contribution in [-0.4, -0.2) is 20.9 Å². The second-order valence-corrected chi connectivity index (χ2v) is 5.04. The van der Waals surface area contributed by atoms with Crippen LogP contribution in [0.3, 0.4) is 0 Å². The fourth-order valence-electron chi connectivity index (χ4n) is 2.06. The molecule has 0 aliphatic rings. The summed E-state index contributed by atoms with van der Waals surface area (Å²) >= 11 is 0. The molecule has 0 saturated heterocycles. The number of carbonyl (C=O) groups is 1. The molecule has 0 saturated carbocycles. The van der Waals surface area contributed by atoms with Crippen LogP contribution >= 0.6 is 0 Å². The van der Waals surface area contributed by atoms with Gasteiger partial charge in [-0.15, -0.1) is 5.10 Å². The highest BCUT2D eigenvalue weighted by Crippen LogP contribution is 2.13. The first kappa shape index (κ1) is 15.2. The predicted molar refractivity (Wildman–Crippen MR) is 77.1 cm³/mol. The molecule has 3 N–H and O–H groups in total. The van der Waals surface area contributed by atoms with E-state index >= 15 is 0 Å². The highest BCUT2D eigenvalue weighted by molar-refractivity contribution is 5.76. The van der Waals surface area contributed by atoms with Crippen molar-refractivity contribution in [1.82, 2.24) is 20.3 Å². The number of furan rings is 1. The summed E-state index contributed by atoms with van der Waals surface area (Å²) in [6.45, 7) is 4.03. The second-order valence-electron chi connectivity index (χ2n) is 5.04. The minimum atomic E-state index is -0.183. The first-order valence-corrected chi connectivity index (χ1v) is 7.08. The molecule has 2 rings (SSSR count). The highest BCUT2D eigenvalue weighted by atomic mass is 16.3. The number of hydrogen-bond acceptors (Lipinski definition) is 5. The highest BCUT2D eigenvalue weighted by Gasteiger charge is 2.14. The van der Waals surface area contributed by atoms with Crippen LogP contribution in [0.5, 0.6) is 0 Å². The average molecular weight is 291 g/mol. The Balaban J connectivity index is 1.88. The van der Waals surface area contributed by atoms with Crippen molar-refractivity contribution in [3.63, 3.8) is 0 Å². The summed E-state index contributed by atoms with van der Waals surface area (Å²) in [5.74, 6) is 0.562. The van der Waals surface area contributed by atoms with Gasteiger partial charge in [0.2, 0.25) is 5.91 Å². The van der Waals surface area contributed by atoms with E-state index in [9.17, 15) is 4.79 Å². The van der Waals surface area contributed by atoms with Gasteiger partial charge in [-0.05, 0) is 25.5 Å². The van der Waals surface area contributed by atoms with Crippen molar-refractivity contribution >= 4 is 5.91 Å². The third-order valence-electron chi connectivity index (χ3n) is 3.19. The summed E-state index contributed by atoms with van der Waals surface area (Å²) in [5, 5.41) is 10.8. The van der Waals surface area contributed by atoms with Gasteiger partial charge in [-0.2, -0.15) is 0 Å². The van der Waals surface area contributed by atoms with Crippen LogP contribution in [0.1, 0.15) is 50.2 Å². The minimum absolute atomic E-state index is 0.108. The fourth-order valence-corrected chi connectivity index (χ4v) is 2.06. The van der Waals surface area contributed by atoms with Gasteiger partial charge in [0.1, 0.15) is 12.3 Å². The van der Waals surface area contributed by atoms with Crippen LogP contribution in [0.25, 0.3) is 0 Å². The zero-order valence-corrected chi connectivity index (χ0v) is 12.3. The molecule has 0 aromatic carbocycles. The van der Waals surface area contributed by atoms with Crippen LogP contribution in [0.15, 0.2) is 29.0 Å². The maximum absolute atomic E-state index is 12.0. The van der Waals surface area contributed by atoms with E-state index in [0.717, 1.165) is 12.8 Å². The zero-order valence-electron chi connectivity index (χ0n) is 12.3. The minimum Gasteiger partial charge on any atom is -0.467 e. The van der Waals surface area contributed by atoms with E-state index < -0.39 is 0 Å². The summed E-state index contributed by atoms with van der Waals surface area (Å²) < 4.78 is 6.74. The van der Waals surface area contributed by atoms with Crippen LogP contribution < -0.4 is 11.1 Å². The van der Waals surface area contributed by atoms with Crippen molar-refractivity contribution in [1.29, 1.82) is 0 Å². The van der Waals surface area contributed by atoms with Crippen molar-refractivity contribution in [2.75, 3.05) is 0 Å². The molecule has 1 amide bonds. The normalized spacial score (nSPS) is 13.9. The first-order chi connectivity index (χ1) is 10.1. The van der Waals surface area contributed by atoms with Crippen LogP contribution in [0.2, 0.25) is 0 Å². The largest absolute Gasteiger partial charge is 0.467 e. The molecule has 0 aliphatic heterocycles. The van der Waals surface area contributed by atoms with E-state index in [1.807, 2.05) is 13.0 Å². The second kappa shape index (κ2) is 7.03. The van der Waals surface area contributed by atoms with Crippen molar-refractivity contribution < 1.29 is 9.21 Å². The lowest BCUT2D eigenvalue weighted by atomic mass is 10.1. The van der Waals surface area contributed by atoms with Gasteiger partial charge in [-0.25, -0.2) is 4.68 Å². The van der Waals surface area contributed by atoms with Crippen LogP contribution in [0.4, 0.5) is 0 Å². The van der Waals surface area contributed by atoms with Gasteiger partial charge in [0.05, 0.1) is 30.2 Å². The SMILES string of the molecule is CCCC(N)c1cn(CC(=O)NC(C)c2ccco2)nn1. The Hall–Kier alpha value is -2.15. The van der Waals surface area contributed by atoms with Crippen molar-refractivity contribution in [2.24, 2.45) is 5.73 Å². The number of nitrogens with two attached hydrogens (primary N) is 1. The van der Waals surface area contributed by atoms with Crippen molar-refractivity contribution in [2.45, 2.75) is 45.3 Å². The van der Waals surface area contributed by atoms with Gasteiger partial charge in [0.25, 0.3) is 0 Å². The Kier molecular flexibility index (Phi) is 5.10. The molecule has 0 aliphatic carbocycles. The molecule has 7 nitrogen and oxygen atoms in total. The Morgan fingerprint density at radius 1 is 1.57 bits per heavy atom. The molecular weight excluding hydrogens is 270 g/mol. The van der Waals surface area contributed by atoms with E-state index in [-0.39, 0.29) is 24.5 Å². The number of nitrogens with zero attached hydrogens (tertiary/aromatic N) is 3. The molecular formula is C14H21N5O2. The fraction of sp³-hybridized carbons (Fsp3) is 0.500. The Labute approximate surface area is 123 Å². The molecule has 2 unspecified atom stereocenters. The monoisotopic (exact) mass is 291 g/mol. The molecule has 114 valence electrons. The van der Waals surface area contributed by atoms with E-state index in [1.165, 1.54) is 4.68 Å². The Morgan fingerprint density at radius 3 is 3.05 bits per heavy atom. The molecule has 2 heterocycles. The van der Waals surface area contributed by atoms with Gasteiger partial charge in [0, 0.05) is 0 Å². The maximum atomic E-state index is 12.0. The maximum Gasteiger partial charge on any atom is 0.242 e. The van der Waals surface area contributed by atoms with Gasteiger partial charge in [0.15, 0.2) is 0 Å². The van der Waals surface area contributed by atoms with Crippen molar-refractivity contribution in [3.8, 4) is 0 Å². The van der Waals surface area contributed by atoms with Gasteiger partial charge in [-0.3, -0.25) is 4.79 Å². The predicted octanol–water partition coefficient (Wildman–Crippen LogP) is 1.55. The molecule has 21 heavy (non-hydrogen) atoms. The number of aromatic nitrogens is 3. The lowest BCUT2D eigenvalue weighted by Gasteiger charge is -2.11. The Bertz CT molecular complexity index is 564. The summed E-state index contributed by atoms with van der Waals surface area (Å²) in [6.07, 6.45) is 5.13. The molecule has 0 bridgehead atoms. The smallest absolute Gasteiger partial charge is 0.242 e. The summed E-state index contributed by atoms with van der Waals surface area (Å²) in [7, 11) is 0. The number of carbonyl (C=O) groups excluding carboxylic acids is 1. The van der Waals surface area contributed by atoms with Crippen LogP contribution in [0, 0.1) is 0 Å².